The molecule has 0 aromatic carbocycles. The molecule has 2 N–H and O–H groups in total. The number of rotatable bonds is 3. The largest absolute Gasteiger partial charge is 0.342 e. The first-order valence-corrected chi connectivity index (χ1v) is 8.52. The number of hydrogen-bond donors (Lipinski definition) is 1. The third-order valence-electron chi connectivity index (χ3n) is 5.71. The van der Waals surface area contributed by atoms with Gasteiger partial charge in [-0.2, -0.15) is 0 Å². The number of piperidine rings is 1. The van der Waals surface area contributed by atoms with E-state index in [0.29, 0.717) is 18.4 Å². The molecule has 0 bridgehead atoms. The zero-order valence-corrected chi connectivity index (χ0v) is 12.6. The van der Waals surface area contributed by atoms with Crippen LogP contribution in [0, 0.1) is 11.8 Å². The number of carbonyl (C=O) groups excluding carboxylic acids is 1. The minimum Gasteiger partial charge on any atom is -0.342 e. The van der Waals surface area contributed by atoms with Gasteiger partial charge in [0.25, 0.3) is 0 Å². The van der Waals surface area contributed by atoms with Gasteiger partial charge in [0.05, 0.1) is 0 Å². The van der Waals surface area contributed by atoms with Gasteiger partial charge in [0.1, 0.15) is 0 Å². The number of nitrogens with zero attached hydrogens (tertiary/aromatic N) is 2. The summed E-state index contributed by atoms with van der Waals surface area (Å²) < 4.78 is 0. The Bertz CT molecular complexity index is 333. The minimum absolute atomic E-state index is 0.225. The summed E-state index contributed by atoms with van der Waals surface area (Å²) in [5, 5.41) is 0. The van der Waals surface area contributed by atoms with E-state index in [2.05, 4.69) is 9.80 Å². The third-order valence-corrected chi connectivity index (χ3v) is 5.71. The number of amides is 1. The van der Waals surface area contributed by atoms with Gasteiger partial charge in [0.2, 0.25) is 5.91 Å². The molecule has 2 heterocycles. The Morgan fingerprint density at radius 2 is 1.65 bits per heavy atom. The van der Waals surface area contributed by atoms with Crippen molar-refractivity contribution in [2.45, 2.75) is 51.0 Å². The van der Waals surface area contributed by atoms with Crippen LogP contribution in [-0.2, 0) is 4.79 Å². The highest BCUT2D eigenvalue weighted by Gasteiger charge is 2.36. The molecular weight excluding hydrogens is 250 g/mol. The van der Waals surface area contributed by atoms with Crippen LogP contribution < -0.4 is 5.73 Å². The Morgan fingerprint density at radius 1 is 0.950 bits per heavy atom. The van der Waals surface area contributed by atoms with E-state index in [1.54, 1.807) is 0 Å². The molecule has 4 nitrogen and oxygen atoms in total. The lowest BCUT2D eigenvalue weighted by molar-refractivity contribution is -0.138. The molecule has 2 unspecified atom stereocenters. The van der Waals surface area contributed by atoms with E-state index < -0.39 is 0 Å². The average Bonchev–Trinajstić information content (AvgIpc) is 3.17. The predicted molar refractivity (Wildman–Crippen MR) is 80.3 cm³/mol. The molecule has 1 amide bonds. The van der Waals surface area contributed by atoms with Crippen molar-refractivity contribution in [1.29, 1.82) is 0 Å². The van der Waals surface area contributed by atoms with Gasteiger partial charge >= 0.3 is 0 Å². The summed E-state index contributed by atoms with van der Waals surface area (Å²) in [6, 6.07) is 0.732. The summed E-state index contributed by atoms with van der Waals surface area (Å²) in [5.74, 6) is 1.07. The van der Waals surface area contributed by atoms with Gasteiger partial charge in [0.15, 0.2) is 0 Å². The normalized spacial score (nSPS) is 33.0. The van der Waals surface area contributed by atoms with Gasteiger partial charge in [-0.15, -0.1) is 0 Å². The lowest BCUT2D eigenvalue weighted by atomic mass is 9.93. The van der Waals surface area contributed by atoms with Crippen LogP contribution in [-0.4, -0.2) is 54.5 Å². The summed E-state index contributed by atoms with van der Waals surface area (Å²) in [4.78, 5) is 17.4. The molecule has 1 saturated carbocycles. The summed E-state index contributed by atoms with van der Waals surface area (Å²) in [5.41, 5.74) is 5.82. The zero-order valence-electron chi connectivity index (χ0n) is 12.6. The van der Waals surface area contributed by atoms with Gasteiger partial charge in [-0.1, -0.05) is 6.42 Å². The molecule has 2 atom stereocenters. The molecule has 1 aliphatic carbocycles. The molecule has 0 aromatic heterocycles. The average molecular weight is 279 g/mol. The van der Waals surface area contributed by atoms with Crippen LogP contribution in [0.4, 0.5) is 0 Å². The maximum Gasteiger partial charge on any atom is 0.226 e. The van der Waals surface area contributed by atoms with Crippen molar-refractivity contribution in [1.82, 2.24) is 9.80 Å². The smallest absolute Gasteiger partial charge is 0.226 e. The van der Waals surface area contributed by atoms with Gasteiger partial charge in [-0.25, -0.2) is 0 Å². The van der Waals surface area contributed by atoms with Crippen molar-refractivity contribution >= 4 is 5.91 Å². The summed E-state index contributed by atoms with van der Waals surface area (Å²) in [6.45, 7) is 5.16. The second-order valence-corrected chi connectivity index (χ2v) is 6.83. The Hall–Kier alpha value is -0.610. The van der Waals surface area contributed by atoms with Crippen LogP contribution in [0.25, 0.3) is 0 Å². The molecule has 3 fully saturated rings. The highest BCUT2D eigenvalue weighted by atomic mass is 16.2. The Labute approximate surface area is 122 Å². The van der Waals surface area contributed by atoms with Crippen LogP contribution in [0.5, 0.6) is 0 Å². The number of hydrogen-bond acceptors (Lipinski definition) is 3. The van der Waals surface area contributed by atoms with Crippen molar-refractivity contribution in [3.63, 3.8) is 0 Å². The lowest BCUT2D eigenvalue weighted by Crippen LogP contribution is -2.48. The monoisotopic (exact) mass is 279 g/mol. The molecular formula is C16H29N3O. The molecule has 2 aliphatic heterocycles. The molecule has 2 saturated heterocycles. The fourth-order valence-electron chi connectivity index (χ4n) is 4.44. The Kier molecular flexibility index (Phi) is 4.61. The van der Waals surface area contributed by atoms with Gasteiger partial charge in [-0.3, -0.25) is 4.79 Å². The summed E-state index contributed by atoms with van der Waals surface area (Å²) >= 11 is 0. The maximum atomic E-state index is 12.7. The predicted octanol–water partition coefficient (Wildman–Crippen LogP) is 1.45. The lowest BCUT2D eigenvalue weighted by Gasteiger charge is -2.38. The maximum absolute atomic E-state index is 12.7. The van der Waals surface area contributed by atoms with Crippen LogP contribution in [0.15, 0.2) is 0 Å². The Balaban J connectivity index is 1.51. The van der Waals surface area contributed by atoms with E-state index in [0.717, 1.165) is 32.0 Å². The van der Waals surface area contributed by atoms with Gasteiger partial charge in [0, 0.05) is 25.0 Å². The first-order valence-electron chi connectivity index (χ1n) is 8.52. The molecule has 4 heteroatoms. The van der Waals surface area contributed by atoms with Crippen LogP contribution in [0.2, 0.25) is 0 Å². The number of carbonyl (C=O) groups is 1. The fourth-order valence-corrected chi connectivity index (χ4v) is 4.44. The number of nitrogens with two attached hydrogens (primary N) is 1. The first kappa shape index (κ1) is 14.3. The van der Waals surface area contributed by atoms with E-state index in [9.17, 15) is 4.79 Å². The van der Waals surface area contributed by atoms with Crippen molar-refractivity contribution in [2.75, 3.05) is 32.7 Å². The van der Waals surface area contributed by atoms with Gasteiger partial charge < -0.3 is 15.5 Å². The topological polar surface area (TPSA) is 49.6 Å². The van der Waals surface area contributed by atoms with E-state index in [4.69, 9.17) is 5.73 Å². The van der Waals surface area contributed by atoms with Crippen molar-refractivity contribution in [3.8, 4) is 0 Å². The standard InChI is InChI=1S/C16H29N3O/c17-12-13-4-3-5-15(13)16(20)19-10-6-14(7-11-19)18-8-1-2-9-18/h13-15H,1-12,17H2. The van der Waals surface area contributed by atoms with E-state index in [-0.39, 0.29) is 5.92 Å². The molecule has 20 heavy (non-hydrogen) atoms. The zero-order chi connectivity index (χ0) is 13.9. The molecule has 0 radical (unpaired) electrons. The summed E-state index contributed by atoms with van der Waals surface area (Å²) in [6.07, 6.45) is 8.46. The van der Waals surface area contributed by atoms with E-state index >= 15 is 0 Å². The van der Waals surface area contributed by atoms with Crippen LogP contribution in [0.3, 0.4) is 0 Å². The minimum atomic E-state index is 0.225. The van der Waals surface area contributed by atoms with E-state index in [1.165, 1.54) is 45.2 Å². The Morgan fingerprint density at radius 3 is 2.30 bits per heavy atom. The highest BCUT2D eigenvalue weighted by Crippen LogP contribution is 2.33. The van der Waals surface area contributed by atoms with Crippen molar-refractivity contribution in [2.24, 2.45) is 17.6 Å². The van der Waals surface area contributed by atoms with Crippen LogP contribution >= 0.6 is 0 Å². The molecule has 3 aliphatic rings. The van der Waals surface area contributed by atoms with Crippen molar-refractivity contribution < 1.29 is 4.79 Å². The van der Waals surface area contributed by atoms with Crippen LogP contribution in [0.1, 0.15) is 44.9 Å². The molecule has 0 spiro atoms. The molecule has 3 rings (SSSR count). The second kappa shape index (κ2) is 6.44. The third kappa shape index (κ3) is 2.86. The number of likely N-dealkylation sites (tertiary alicyclic amines) is 2. The first-order chi connectivity index (χ1) is 9.79. The quantitative estimate of drug-likeness (QED) is 0.850. The second-order valence-electron chi connectivity index (χ2n) is 6.83. The molecule has 0 aromatic rings. The SMILES string of the molecule is NCC1CCCC1C(=O)N1CCC(N2CCCC2)CC1. The van der Waals surface area contributed by atoms with Gasteiger partial charge in [-0.05, 0) is 64.1 Å². The van der Waals surface area contributed by atoms with E-state index in [1.807, 2.05) is 0 Å². The van der Waals surface area contributed by atoms with Crippen molar-refractivity contribution in [3.05, 3.63) is 0 Å². The molecule has 114 valence electrons. The summed E-state index contributed by atoms with van der Waals surface area (Å²) in [7, 11) is 0. The fraction of sp³-hybridized carbons (Fsp3) is 0.938. The highest BCUT2D eigenvalue weighted by molar-refractivity contribution is 5.79.